The van der Waals surface area contributed by atoms with E-state index in [1.807, 2.05) is 19.9 Å². The summed E-state index contributed by atoms with van der Waals surface area (Å²) in [5, 5.41) is 23.5. The van der Waals surface area contributed by atoms with E-state index in [1.165, 1.54) is 16.7 Å². The van der Waals surface area contributed by atoms with E-state index >= 15 is 0 Å². The zero-order chi connectivity index (χ0) is 23.9. The Morgan fingerprint density at radius 1 is 1.15 bits per heavy atom. The van der Waals surface area contributed by atoms with Crippen molar-refractivity contribution in [3.63, 3.8) is 0 Å². The number of hydrogen-bond acceptors (Lipinski definition) is 6. The second-order valence-corrected chi connectivity index (χ2v) is 8.16. The summed E-state index contributed by atoms with van der Waals surface area (Å²) in [5.74, 6) is -0.880. The van der Waals surface area contributed by atoms with Gasteiger partial charge in [0.05, 0.1) is 28.2 Å². The van der Waals surface area contributed by atoms with Crippen LogP contribution < -0.4 is 10.9 Å². The van der Waals surface area contributed by atoms with Crippen LogP contribution in [0.25, 0.3) is 22.3 Å². The number of fused-ring (bicyclic) bond motifs is 1. The summed E-state index contributed by atoms with van der Waals surface area (Å²) in [4.78, 5) is 33.5. The minimum atomic E-state index is -1.21. The molecule has 0 bridgehead atoms. The van der Waals surface area contributed by atoms with Gasteiger partial charge in [-0.05, 0) is 49.7 Å². The molecule has 2 aromatic heterocycles. The van der Waals surface area contributed by atoms with Gasteiger partial charge in [-0.15, -0.1) is 0 Å². The topological polar surface area (TPSA) is 117 Å². The van der Waals surface area contributed by atoms with E-state index in [0.717, 1.165) is 5.56 Å². The Morgan fingerprint density at radius 3 is 2.58 bits per heavy atom. The van der Waals surface area contributed by atoms with Crippen molar-refractivity contribution in [2.24, 2.45) is 7.05 Å². The van der Waals surface area contributed by atoms with E-state index < -0.39 is 12.0 Å². The van der Waals surface area contributed by atoms with Crippen molar-refractivity contribution in [3.8, 4) is 17.1 Å². The summed E-state index contributed by atoms with van der Waals surface area (Å²) in [6.07, 6.45) is 0. The Balaban J connectivity index is 1.90. The van der Waals surface area contributed by atoms with Crippen LogP contribution >= 0.6 is 11.6 Å². The molecule has 0 aliphatic heterocycles. The molecule has 8 nitrogen and oxygen atoms in total. The Labute approximate surface area is 194 Å². The maximum absolute atomic E-state index is 13.2. The first-order chi connectivity index (χ1) is 15.7. The average Bonchev–Trinajstić information content (AvgIpc) is 2.77. The fraction of sp³-hybridized carbons (Fsp3) is 0.167. The fourth-order valence-corrected chi connectivity index (χ4v) is 3.96. The van der Waals surface area contributed by atoms with Gasteiger partial charge in [0.25, 0.3) is 5.56 Å². The lowest BCUT2D eigenvalue weighted by molar-refractivity contribution is 0.0691. The highest BCUT2D eigenvalue weighted by Crippen LogP contribution is 2.31. The molecule has 1 atom stereocenters. The largest absolute Gasteiger partial charge is 0.507 e. The predicted octanol–water partition coefficient (Wildman–Crippen LogP) is 4.53. The highest BCUT2D eigenvalue weighted by molar-refractivity contribution is 6.29. The van der Waals surface area contributed by atoms with Crippen LogP contribution in [0.1, 0.15) is 34.6 Å². The van der Waals surface area contributed by atoms with E-state index in [1.54, 1.807) is 37.4 Å². The molecule has 33 heavy (non-hydrogen) atoms. The second kappa shape index (κ2) is 8.55. The zero-order valence-electron chi connectivity index (χ0n) is 18.1. The van der Waals surface area contributed by atoms with Crippen LogP contribution in [0.15, 0.2) is 53.3 Å². The average molecular weight is 465 g/mol. The van der Waals surface area contributed by atoms with E-state index in [0.29, 0.717) is 33.5 Å². The Morgan fingerprint density at radius 2 is 1.88 bits per heavy atom. The number of aromatic nitrogens is 3. The molecule has 0 spiro atoms. The molecule has 0 amide bonds. The van der Waals surface area contributed by atoms with E-state index in [4.69, 9.17) is 16.6 Å². The van der Waals surface area contributed by atoms with Crippen LogP contribution in [0, 0.1) is 6.92 Å². The molecule has 0 aliphatic carbocycles. The maximum atomic E-state index is 13.2. The van der Waals surface area contributed by atoms with Gasteiger partial charge >= 0.3 is 5.97 Å². The number of carbonyl (C=O) groups is 1. The number of carboxylic acids is 1. The lowest BCUT2D eigenvalue weighted by Gasteiger charge is -2.20. The number of nitrogens with zero attached hydrogens (tertiary/aromatic N) is 3. The molecule has 0 aliphatic rings. The minimum Gasteiger partial charge on any atom is -0.507 e. The molecule has 4 rings (SSSR count). The first kappa shape index (κ1) is 22.3. The lowest BCUT2D eigenvalue weighted by atomic mass is 10.0. The molecule has 0 saturated carbocycles. The SMILES string of the molecule is Cc1cc(C(C)Nc2ccc(Cl)nc2C(=O)O)c2nc(-c3ccccc3O)n(C)c(=O)c2c1. The molecule has 3 N–H and O–H groups in total. The van der Waals surface area contributed by atoms with Crippen molar-refractivity contribution < 1.29 is 15.0 Å². The van der Waals surface area contributed by atoms with Crippen molar-refractivity contribution in [2.45, 2.75) is 19.9 Å². The smallest absolute Gasteiger partial charge is 0.356 e. The summed E-state index contributed by atoms with van der Waals surface area (Å²) in [6.45, 7) is 3.71. The number of anilines is 1. The molecule has 1 unspecified atom stereocenters. The number of aromatic hydroxyl groups is 1. The quantitative estimate of drug-likeness (QED) is 0.371. The van der Waals surface area contributed by atoms with Gasteiger partial charge in [0, 0.05) is 12.6 Å². The third-order valence-electron chi connectivity index (χ3n) is 5.40. The highest BCUT2D eigenvalue weighted by atomic mass is 35.5. The number of rotatable bonds is 5. The van der Waals surface area contributed by atoms with E-state index in [2.05, 4.69) is 10.3 Å². The zero-order valence-corrected chi connectivity index (χ0v) is 18.9. The van der Waals surface area contributed by atoms with Crippen molar-refractivity contribution >= 4 is 34.2 Å². The standard InChI is InChI=1S/C24H21ClN4O4/c1-12-10-15(13(2)26-17-8-9-19(25)27-21(17)24(32)33)20-16(11-12)23(31)29(3)22(28-20)14-6-4-5-7-18(14)30/h4-11,13,26,30H,1-3H3,(H,32,33). The van der Waals surface area contributed by atoms with E-state index in [9.17, 15) is 19.8 Å². The maximum Gasteiger partial charge on any atom is 0.356 e. The molecule has 9 heteroatoms. The molecule has 4 aromatic rings. The van der Waals surface area contributed by atoms with Gasteiger partial charge in [0.2, 0.25) is 0 Å². The highest BCUT2D eigenvalue weighted by Gasteiger charge is 2.20. The minimum absolute atomic E-state index is 0.0116. The Bertz CT molecular complexity index is 1470. The van der Waals surface area contributed by atoms with Gasteiger partial charge in [0.1, 0.15) is 16.7 Å². The van der Waals surface area contributed by atoms with Crippen molar-refractivity contribution in [1.29, 1.82) is 0 Å². The molecule has 168 valence electrons. The molecule has 2 aromatic carbocycles. The summed E-state index contributed by atoms with van der Waals surface area (Å²) in [6, 6.07) is 13.0. The Kier molecular flexibility index (Phi) is 5.78. The van der Waals surface area contributed by atoms with Crippen molar-refractivity contribution in [2.75, 3.05) is 5.32 Å². The first-order valence-electron chi connectivity index (χ1n) is 10.1. The van der Waals surface area contributed by atoms with Crippen molar-refractivity contribution in [3.05, 3.63) is 80.9 Å². The molecular weight excluding hydrogens is 444 g/mol. The second-order valence-electron chi connectivity index (χ2n) is 7.77. The monoisotopic (exact) mass is 464 g/mol. The van der Waals surface area contributed by atoms with Crippen LogP contribution in [0.2, 0.25) is 5.15 Å². The molecule has 2 heterocycles. The van der Waals surface area contributed by atoms with Gasteiger partial charge in [-0.3, -0.25) is 9.36 Å². The third-order valence-corrected chi connectivity index (χ3v) is 5.61. The van der Waals surface area contributed by atoms with Gasteiger partial charge in [-0.2, -0.15) is 0 Å². The van der Waals surface area contributed by atoms with Gasteiger partial charge in [0.15, 0.2) is 5.69 Å². The molecule has 0 saturated heterocycles. The number of halogens is 1. The number of carboxylic acid groups (broad SMARTS) is 1. The number of para-hydroxylation sites is 1. The Hall–Kier alpha value is -3.91. The van der Waals surface area contributed by atoms with Gasteiger partial charge in [-0.1, -0.05) is 29.8 Å². The summed E-state index contributed by atoms with van der Waals surface area (Å²) in [5.41, 5.74) is 2.28. The summed E-state index contributed by atoms with van der Waals surface area (Å²) < 4.78 is 1.41. The number of phenolic OH excluding ortho intramolecular Hbond substituents is 1. The predicted molar refractivity (Wildman–Crippen MR) is 127 cm³/mol. The normalized spacial score (nSPS) is 12.0. The van der Waals surface area contributed by atoms with Crippen LogP contribution in [-0.2, 0) is 7.05 Å². The molecule has 0 radical (unpaired) electrons. The number of benzene rings is 2. The number of aryl methyl sites for hydroxylation is 1. The van der Waals surface area contributed by atoms with Crippen LogP contribution in [0.4, 0.5) is 5.69 Å². The molecule has 0 fully saturated rings. The number of phenols is 1. The van der Waals surface area contributed by atoms with Gasteiger partial charge in [-0.25, -0.2) is 14.8 Å². The van der Waals surface area contributed by atoms with Crippen LogP contribution in [0.3, 0.4) is 0 Å². The lowest BCUT2D eigenvalue weighted by Crippen LogP contribution is -2.22. The first-order valence-corrected chi connectivity index (χ1v) is 10.5. The fourth-order valence-electron chi connectivity index (χ4n) is 3.81. The third kappa shape index (κ3) is 4.12. The summed E-state index contributed by atoms with van der Waals surface area (Å²) in [7, 11) is 1.61. The van der Waals surface area contributed by atoms with E-state index in [-0.39, 0.29) is 22.2 Å². The summed E-state index contributed by atoms with van der Waals surface area (Å²) >= 11 is 5.86. The number of aromatic carboxylic acids is 1. The van der Waals surface area contributed by atoms with Crippen LogP contribution in [0.5, 0.6) is 5.75 Å². The number of nitrogens with one attached hydrogen (secondary N) is 1. The van der Waals surface area contributed by atoms with Gasteiger partial charge < -0.3 is 15.5 Å². The number of hydrogen-bond donors (Lipinski definition) is 3. The van der Waals surface area contributed by atoms with Crippen molar-refractivity contribution in [1.82, 2.24) is 14.5 Å². The van der Waals surface area contributed by atoms with Crippen LogP contribution in [-0.4, -0.2) is 30.7 Å². The molecular formula is C24H21ClN4O4. The number of pyridine rings is 1.